The maximum atomic E-state index is 11.9. The minimum absolute atomic E-state index is 0.00321. The molecular weight excluding hydrogens is 276 g/mol. The van der Waals surface area contributed by atoms with Gasteiger partial charge in [-0.05, 0) is 7.05 Å². The number of amides is 1. The molecule has 1 amide bonds. The Hall–Kier alpha value is -2.28. The number of nitrogens with one attached hydrogen (secondary N) is 1. The fourth-order valence-corrected chi connectivity index (χ4v) is 1.69. The third-order valence-electron chi connectivity index (χ3n) is 2.76. The van der Waals surface area contributed by atoms with Gasteiger partial charge in [-0.15, -0.1) is 0 Å². The maximum absolute atomic E-state index is 11.9. The molecular formula is C14H20N2O5. The van der Waals surface area contributed by atoms with E-state index < -0.39 is 5.97 Å². The normalized spacial score (nSPS) is 10.3. The number of hydrogen-bond acceptors (Lipinski definition) is 5. The van der Waals surface area contributed by atoms with Crippen molar-refractivity contribution in [3.63, 3.8) is 0 Å². The van der Waals surface area contributed by atoms with Gasteiger partial charge in [0.25, 0.3) is 0 Å². The summed E-state index contributed by atoms with van der Waals surface area (Å²) in [6.45, 7) is 0.414. The van der Waals surface area contributed by atoms with Gasteiger partial charge in [-0.1, -0.05) is 0 Å². The van der Waals surface area contributed by atoms with Crippen LogP contribution in [0.15, 0.2) is 18.2 Å². The Morgan fingerprint density at radius 3 is 2.24 bits per heavy atom. The van der Waals surface area contributed by atoms with Crippen molar-refractivity contribution in [2.45, 2.75) is 6.42 Å². The van der Waals surface area contributed by atoms with Crippen molar-refractivity contribution in [1.82, 2.24) is 4.90 Å². The van der Waals surface area contributed by atoms with E-state index in [-0.39, 0.29) is 18.9 Å². The molecule has 21 heavy (non-hydrogen) atoms. The fourth-order valence-electron chi connectivity index (χ4n) is 1.69. The summed E-state index contributed by atoms with van der Waals surface area (Å²) in [5.74, 6) is 0.0192. The molecule has 1 rings (SSSR count). The number of anilines is 1. The molecule has 2 N–H and O–H groups in total. The summed E-state index contributed by atoms with van der Waals surface area (Å²) >= 11 is 0. The van der Waals surface area contributed by atoms with Crippen molar-refractivity contribution < 1.29 is 24.2 Å². The first-order valence-corrected chi connectivity index (χ1v) is 6.38. The molecule has 0 saturated heterocycles. The molecule has 0 fully saturated rings. The topological polar surface area (TPSA) is 88.1 Å². The third-order valence-corrected chi connectivity index (χ3v) is 2.76. The molecule has 0 aromatic heterocycles. The van der Waals surface area contributed by atoms with E-state index in [9.17, 15) is 9.59 Å². The highest BCUT2D eigenvalue weighted by Gasteiger charge is 2.10. The number of benzene rings is 1. The SMILES string of the molecule is COc1cc(NC(=O)CN(C)CCC(=O)O)cc(OC)c1. The summed E-state index contributed by atoms with van der Waals surface area (Å²) in [6.07, 6.45) is -0.00321. The van der Waals surface area contributed by atoms with Crippen LogP contribution in [0.1, 0.15) is 6.42 Å². The Balaban J connectivity index is 2.59. The average molecular weight is 296 g/mol. The molecule has 7 nitrogen and oxygen atoms in total. The number of hydrogen-bond donors (Lipinski definition) is 2. The van der Waals surface area contributed by atoms with Gasteiger partial charge in [-0.3, -0.25) is 14.5 Å². The lowest BCUT2D eigenvalue weighted by molar-refractivity contribution is -0.137. The smallest absolute Gasteiger partial charge is 0.304 e. The van der Waals surface area contributed by atoms with E-state index in [4.69, 9.17) is 14.6 Å². The van der Waals surface area contributed by atoms with E-state index in [1.54, 1.807) is 30.1 Å². The number of likely N-dealkylation sites (N-methyl/N-ethyl adjacent to an activating group) is 1. The van der Waals surface area contributed by atoms with E-state index >= 15 is 0 Å². The second kappa shape index (κ2) is 8.11. The number of rotatable bonds is 8. The lowest BCUT2D eigenvalue weighted by Gasteiger charge is -2.15. The van der Waals surface area contributed by atoms with Crippen molar-refractivity contribution in [3.8, 4) is 11.5 Å². The van der Waals surface area contributed by atoms with Crippen LogP contribution in [0.2, 0.25) is 0 Å². The Morgan fingerprint density at radius 1 is 1.19 bits per heavy atom. The van der Waals surface area contributed by atoms with Gasteiger partial charge in [0.05, 0.1) is 27.2 Å². The molecule has 0 bridgehead atoms. The Bertz CT molecular complexity index is 482. The number of carboxylic acid groups (broad SMARTS) is 1. The first-order valence-electron chi connectivity index (χ1n) is 6.38. The third kappa shape index (κ3) is 6.13. The van der Waals surface area contributed by atoms with Gasteiger partial charge in [0.1, 0.15) is 11.5 Å². The largest absolute Gasteiger partial charge is 0.497 e. The Labute approximate surface area is 123 Å². The predicted octanol–water partition coefficient (Wildman–Crippen LogP) is 1.05. The Kier molecular flexibility index (Phi) is 6.48. The highest BCUT2D eigenvalue weighted by atomic mass is 16.5. The van der Waals surface area contributed by atoms with Crippen LogP contribution in [0.4, 0.5) is 5.69 Å². The van der Waals surface area contributed by atoms with E-state index in [1.165, 1.54) is 14.2 Å². The first-order chi connectivity index (χ1) is 9.94. The second-order valence-electron chi connectivity index (χ2n) is 4.53. The lowest BCUT2D eigenvalue weighted by Crippen LogP contribution is -2.31. The lowest BCUT2D eigenvalue weighted by atomic mass is 10.2. The van der Waals surface area contributed by atoms with Gasteiger partial charge in [0.15, 0.2) is 0 Å². The van der Waals surface area contributed by atoms with Crippen molar-refractivity contribution >= 4 is 17.6 Å². The van der Waals surface area contributed by atoms with Gasteiger partial charge >= 0.3 is 5.97 Å². The minimum Gasteiger partial charge on any atom is -0.497 e. The number of carbonyl (C=O) groups is 2. The van der Waals surface area contributed by atoms with Crippen LogP contribution in [-0.2, 0) is 9.59 Å². The summed E-state index contributed by atoms with van der Waals surface area (Å²) in [5, 5.41) is 11.3. The van der Waals surface area contributed by atoms with E-state index in [1.807, 2.05) is 0 Å². The van der Waals surface area contributed by atoms with Gasteiger partial charge in [-0.2, -0.15) is 0 Å². The fraction of sp³-hybridized carbons (Fsp3) is 0.429. The predicted molar refractivity (Wildman–Crippen MR) is 77.9 cm³/mol. The number of methoxy groups -OCH3 is 2. The molecule has 1 aromatic carbocycles. The minimum atomic E-state index is -0.889. The molecule has 0 aliphatic carbocycles. The number of ether oxygens (including phenoxy) is 2. The first kappa shape index (κ1) is 16.8. The molecule has 0 saturated carbocycles. The van der Waals surface area contributed by atoms with Gasteiger partial charge < -0.3 is 19.9 Å². The maximum Gasteiger partial charge on any atom is 0.304 e. The number of nitrogens with zero attached hydrogens (tertiary/aromatic N) is 1. The number of carboxylic acids is 1. The van der Waals surface area contributed by atoms with Crippen molar-refractivity contribution in [2.75, 3.05) is 39.7 Å². The van der Waals surface area contributed by atoms with Crippen LogP contribution in [0.25, 0.3) is 0 Å². The highest BCUT2D eigenvalue weighted by Crippen LogP contribution is 2.25. The quantitative estimate of drug-likeness (QED) is 0.745. The zero-order chi connectivity index (χ0) is 15.8. The molecule has 0 unspecified atom stereocenters. The van der Waals surface area contributed by atoms with Crippen LogP contribution in [0.5, 0.6) is 11.5 Å². The summed E-state index contributed by atoms with van der Waals surface area (Å²) in [7, 11) is 4.74. The van der Waals surface area contributed by atoms with Gasteiger partial charge in [0, 0.05) is 30.4 Å². The monoisotopic (exact) mass is 296 g/mol. The molecule has 0 heterocycles. The van der Waals surface area contributed by atoms with Crippen molar-refractivity contribution in [3.05, 3.63) is 18.2 Å². The van der Waals surface area contributed by atoms with Crippen molar-refractivity contribution in [2.24, 2.45) is 0 Å². The van der Waals surface area contributed by atoms with Gasteiger partial charge in [-0.25, -0.2) is 0 Å². The molecule has 0 radical (unpaired) electrons. The zero-order valence-electron chi connectivity index (χ0n) is 12.4. The van der Waals surface area contributed by atoms with Crippen LogP contribution in [0, 0.1) is 0 Å². The molecule has 0 spiro atoms. The van der Waals surface area contributed by atoms with Crippen LogP contribution in [0.3, 0.4) is 0 Å². The molecule has 0 aliphatic heterocycles. The standard InChI is InChI=1S/C14H20N2O5/c1-16(5-4-14(18)19)9-13(17)15-10-6-11(20-2)8-12(7-10)21-3/h6-8H,4-5,9H2,1-3H3,(H,15,17)(H,18,19). The number of carbonyl (C=O) groups excluding carboxylic acids is 1. The van der Waals surface area contributed by atoms with Crippen LogP contribution >= 0.6 is 0 Å². The van der Waals surface area contributed by atoms with Crippen molar-refractivity contribution in [1.29, 1.82) is 0 Å². The van der Waals surface area contributed by atoms with Gasteiger partial charge in [0.2, 0.25) is 5.91 Å². The van der Waals surface area contributed by atoms with Crippen LogP contribution in [-0.4, -0.2) is 56.2 Å². The van der Waals surface area contributed by atoms with Crippen LogP contribution < -0.4 is 14.8 Å². The number of aliphatic carboxylic acids is 1. The van der Waals surface area contributed by atoms with E-state index in [0.717, 1.165) is 0 Å². The second-order valence-corrected chi connectivity index (χ2v) is 4.53. The zero-order valence-corrected chi connectivity index (χ0v) is 12.4. The summed E-state index contributed by atoms with van der Waals surface area (Å²) in [4.78, 5) is 24.0. The molecule has 1 aromatic rings. The molecule has 7 heteroatoms. The van der Waals surface area contributed by atoms with E-state index in [0.29, 0.717) is 23.7 Å². The molecule has 0 aliphatic rings. The Morgan fingerprint density at radius 2 is 1.76 bits per heavy atom. The molecule has 116 valence electrons. The molecule has 0 atom stereocenters. The highest BCUT2D eigenvalue weighted by molar-refractivity contribution is 5.92. The average Bonchev–Trinajstić information content (AvgIpc) is 2.44. The summed E-state index contributed by atoms with van der Waals surface area (Å²) in [6, 6.07) is 5.06. The van der Waals surface area contributed by atoms with E-state index in [2.05, 4.69) is 5.32 Å². The summed E-state index contributed by atoms with van der Waals surface area (Å²) < 4.78 is 10.2. The summed E-state index contributed by atoms with van der Waals surface area (Å²) in [5.41, 5.74) is 0.558.